The first-order valence-electron chi connectivity index (χ1n) is 7.55. The summed E-state index contributed by atoms with van der Waals surface area (Å²) in [7, 11) is 0. The van der Waals surface area contributed by atoms with E-state index in [1.807, 2.05) is 50.4 Å². The molecular weight excluding hydrogens is 266 g/mol. The molecule has 1 N–H and O–H groups in total. The number of fused-ring (bicyclic) bond motifs is 1. The number of nitrogens with zero attached hydrogens (tertiary/aromatic N) is 2. The van der Waals surface area contributed by atoms with Crippen LogP contribution in [0.5, 0.6) is 5.75 Å². The maximum absolute atomic E-state index is 12.5. The zero-order valence-corrected chi connectivity index (χ0v) is 13.1. The quantitative estimate of drug-likeness (QED) is 0.889. The average Bonchev–Trinajstić information content (AvgIpc) is 2.87. The first kappa shape index (κ1) is 15.4. The second-order valence-corrected chi connectivity index (χ2v) is 5.04. The summed E-state index contributed by atoms with van der Waals surface area (Å²) in [4.78, 5) is 17.1. The predicted octanol–water partition coefficient (Wildman–Crippen LogP) is 2.82. The van der Waals surface area contributed by atoms with E-state index in [0.29, 0.717) is 30.1 Å². The van der Waals surface area contributed by atoms with Crippen LogP contribution in [0.2, 0.25) is 0 Å². The third-order valence-electron chi connectivity index (χ3n) is 3.53. The highest BCUT2D eigenvalue weighted by Gasteiger charge is 2.20. The number of amides is 1. The third kappa shape index (κ3) is 3.01. The van der Waals surface area contributed by atoms with E-state index in [4.69, 9.17) is 4.74 Å². The molecule has 0 radical (unpaired) electrons. The molecule has 2 aromatic rings. The Balaban J connectivity index is 2.51. The van der Waals surface area contributed by atoms with Crippen LogP contribution in [0.4, 0.5) is 0 Å². The van der Waals surface area contributed by atoms with Crippen molar-refractivity contribution in [1.82, 2.24) is 14.7 Å². The highest BCUT2D eigenvalue weighted by Crippen LogP contribution is 2.22. The Hall–Kier alpha value is -2.04. The molecule has 1 unspecified atom stereocenters. The summed E-state index contributed by atoms with van der Waals surface area (Å²) < 4.78 is 7.42. The van der Waals surface area contributed by atoms with Crippen LogP contribution in [0, 0.1) is 0 Å². The van der Waals surface area contributed by atoms with Crippen molar-refractivity contribution >= 4 is 11.6 Å². The molecule has 0 spiro atoms. The molecule has 114 valence electrons. The SMILES string of the molecule is CCOc1cccn2c(C(=O)NC(C)CC)c(CC)nc12. The molecule has 21 heavy (non-hydrogen) atoms. The number of rotatable bonds is 6. The monoisotopic (exact) mass is 289 g/mol. The molecule has 0 aliphatic rings. The lowest BCUT2D eigenvalue weighted by Crippen LogP contribution is -2.33. The van der Waals surface area contributed by atoms with E-state index in [0.717, 1.165) is 12.1 Å². The van der Waals surface area contributed by atoms with Crippen molar-refractivity contribution < 1.29 is 9.53 Å². The average molecular weight is 289 g/mol. The van der Waals surface area contributed by atoms with Gasteiger partial charge in [0.05, 0.1) is 12.3 Å². The summed E-state index contributed by atoms with van der Waals surface area (Å²) in [6, 6.07) is 3.89. The molecule has 1 atom stereocenters. The minimum Gasteiger partial charge on any atom is -0.490 e. The summed E-state index contributed by atoms with van der Waals surface area (Å²) in [5.74, 6) is 0.625. The molecule has 0 aliphatic carbocycles. The van der Waals surface area contributed by atoms with Gasteiger partial charge in [0.15, 0.2) is 11.4 Å². The van der Waals surface area contributed by atoms with Gasteiger partial charge in [0.2, 0.25) is 0 Å². The second-order valence-electron chi connectivity index (χ2n) is 5.04. The van der Waals surface area contributed by atoms with E-state index in [9.17, 15) is 4.79 Å². The van der Waals surface area contributed by atoms with Gasteiger partial charge >= 0.3 is 0 Å². The summed E-state index contributed by atoms with van der Waals surface area (Å²) >= 11 is 0. The van der Waals surface area contributed by atoms with Gasteiger partial charge in [-0.3, -0.25) is 9.20 Å². The number of nitrogens with one attached hydrogen (secondary N) is 1. The molecule has 5 nitrogen and oxygen atoms in total. The minimum atomic E-state index is -0.0812. The maximum atomic E-state index is 12.5. The number of hydrogen-bond acceptors (Lipinski definition) is 3. The van der Waals surface area contributed by atoms with Crippen LogP contribution < -0.4 is 10.1 Å². The lowest BCUT2D eigenvalue weighted by atomic mass is 10.2. The molecular formula is C16H23N3O2. The van der Waals surface area contributed by atoms with Gasteiger partial charge in [-0.1, -0.05) is 13.8 Å². The molecule has 0 aliphatic heterocycles. The van der Waals surface area contributed by atoms with Gasteiger partial charge in [0.25, 0.3) is 5.91 Å². The Bertz CT molecular complexity index is 634. The molecule has 0 fully saturated rings. The largest absolute Gasteiger partial charge is 0.490 e. The van der Waals surface area contributed by atoms with E-state index in [2.05, 4.69) is 10.3 Å². The van der Waals surface area contributed by atoms with Crippen LogP contribution in [0.15, 0.2) is 18.3 Å². The highest BCUT2D eigenvalue weighted by atomic mass is 16.5. The molecule has 2 aromatic heterocycles. The number of carbonyl (C=O) groups excluding carboxylic acids is 1. The second kappa shape index (κ2) is 6.61. The van der Waals surface area contributed by atoms with E-state index < -0.39 is 0 Å². The molecule has 5 heteroatoms. The van der Waals surface area contributed by atoms with E-state index in [1.54, 1.807) is 0 Å². The van der Waals surface area contributed by atoms with Crippen LogP contribution in [0.3, 0.4) is 0 Å². The zero-order chi connectivity index (χ0) is 15.4. The van der Waals surface area contributed by atoms with Gasteiger partial charge in [-0.05, 0) is 38.8 Å². The van der Waals surface area contributed by atoms with Crippen LogP contribution >= 0.6 is 0 Å². The Morgan fingerprint density at radius 2 is 2.19 bits per heavy atom. The molecule has 0 saturated heterocycles. The number of carbonyl (C=O) groups is 1. The number of hydrogen-bond donors (Lipinski definition) is 1. The third-order valence-corrected chi connectivity index (χ3v) is 3.53. The number of imidazole rings is 1. The fourth-order valence-corrected chi connectivity index (χ4v) is 2.24. The van der Waals surface area contributed by atoms with Crippen LogP contribution in [0.1, 0.15) is 50.3 Å². The maximum Gasteiger partial charge on any atom is 0.270 e. The van der Waals surface area contributed by atoms with Crippen molar-refractivity contribution in [3.63, 3.8) is 0 Å². The Morgan fingerprint density at radius 1 is 1.43 bits per heavy atom. The summed E-state index contributed by atoms with van der Waals surface area (Å²) in [6.45, 7) is 8.56. The lowest BCUT2D eigenvalue weighted by Gasteiger charge is -2.12. The number of pyridine rings is 1. The Labute approximate surface area is 125 Å². The number of ether oxygens (including phenoxy) is 1. The van der Waals surface area contributed by atoms with E-state index in [-0.39, 0.29) is 11.9 Å². The Kier molecular flexibility index (Phi) is 4.83. The fourth-order valence-electron chi connectivity index (χ4n) is 2.24. The van der Waals surface area contributed by atoms with Gasteiger partial charge in [0, 0.05) is 12.2 Å². The first-order valence-corrected chi connectivity index (χ1v) is 7.55. The Morgan fingerprint density at radius 3 is 2.81 bits per heavy atom. The fraction of sp³-hybridized carbons (Fsp3) is 0.500. The zero-order valence-electron chi connectivity index (χ0n) is 13.1. The van der Waals surface area contributed by atoms with Crippen molar-refractivity contribution in [3.05, 3.63) is 29.7 Å². The minimum absolute atomic E-state index is 0.0812. The van der Waals surface area contributed by atoms with Crippen molar-refractivity contribution in [2.75, 3.05) is 6.61 Å². The van der Waals surface area contributed by atoms with Gasteiger partial charge in [-0.15, -0.1) is 0 Å². The smallest absolute Gasteiger partial charge is 0.270 e. The van der Waals surface area contributed by atoms with Crippen LogP contribution in [-0.2, 0) is 6.42 Å². The normalized spacial score (nSPS) is 12.4. The van der Waals surface area contributed by atoms with Gasteiger partial charge in [0.1, 0.15) is 5.69 Å². The number of aromatic nitrogens is 2. The predicted molar refractivity (Wildman–Crippen MR) is 83.0 cm³/mol. The molecule has 2 rings (SSSR count). The van der Waals surface area contributed by atoms with Gasteiger partial charge in [-0.25, -0.2) is 4.98 Å². The molecule has 0 aromatic carbocycles. The highest BCUT2D eigenvalue weighted by molar-refractivity contribution is 5.95. The van der Waals surface area contributed by atoms with Crippen molar-refractivity contribution in [2.45, 2.75) is 46.6 Å². The topological polar surface area (TPSA) is 55.6 Å². The van der Waals surface area contributed by atoms with E-state index >= 15 is 0 Å². The number of aryl methyl sites for hydroxylation is 1. The molecule has 0 bridgehead atoms. The summed E-state index contributed by atoms with van der Waals surface area (Å²) in [6.07, 6.45) is 3.46. The van der Waals surface area contributed by atoms with Crippen molar-refractivity contribution in [3.8, 4) is 5.75 Å². The summed E-state index contributed by atoms with van der Waals surface area (Å²) in [5, 5.41) is 3.01. The molecule has 0 saturated carbocycles. The lowest BCUT2D eigenvalue weighted by molar-refractivity contribution is 0.0932. The molecule has 1 amide bonds. The van der Waals surface area contributed by atoms with Crippen LogP contribution in [-0.4, -0.2) is 27.9 Å². The summed E-state index contributed by atoms with van der Waals surface area (Å²) in [5.41, 5.74) is 2.10. The van der Waals surface area contributed by atoms with Gasteiger partial charge < -0.3 is 10.1 Å². The van der Waals surface area contributed by atoms with Crippen LogP contribution in [0.25, 0.3) is 5.65 Å². The van der Waals surface area contributed by atoms with Crippen molar-refractivity contribution in [1.29, 1.82) is 0 Å². The van der Waals surface area contributed by atoms with Crippen molar-refractivity contribution in [2.24, 2.45) is 0 Å². The first-order chi connectivity index (χ1) is 10.1. The standard InChI is InChI=1S/C16H23N3O2/c1-5-11(4)17-16(20)14-12(6-2)18-15-13(21-7-3)9-8-10-19(14)15/h8-11H,5-7H2,1-4H3,(H,17,20). The van der Waals surface area contributed by atoms with E-state index in [1.165, 1.54) is 0 Å². The van der Waals surface area contributed by atoms with Gasteiger partial charge in [-0.2, -0.15) is 0 Å². The molecule has 2 heterocycles.